The summed E-state index contributed by atoms with van der Waals surface area (Å²) in [6.45, 7) is 0. The molecule has 0 atom stereocenters. The van der Waals surface area contributed by atoms with Crippen LogP contribution in [-0.4, -0.2) is 85.8 Å². The van der Waals surface area contributed by atoms with Gasteiger partial charge in [-0.2, -0.15) is 0 Å². The van der Waals surface area contributed by atoms with Crippen molar-refractivity contribution < 1.29 is 10.3 Å². The number of hydrogen-bond acceptors (Lipinski definition) is 2. The SMILES string of the molecule is Cl.O=[N+]([O-])O.[CaH2].[CaH2]. The molecule has 0 heterocycles. The molecular weight excluding hydrogens is 178 g/mol. The molecular formula is H6Ca2ClNO3. The molecule has 0 rings (SSSR count). The van der Waals surface area contributed by atoms with E-state index >= 15 is 0 Å². The maximum atomic E-state index is 8.36. The molecule has 0 unspecified atom stereocenters. The van der Waals surface area contributed by atoms with E-state index in [1.54, 1.807) is 0 Å². The fourth-order valence-electron chi connectivity index (χ4n) is 0. The zero-order valence-electron chi connectivity index (χ0n) is 2.12. The Hall–Kier alpha value is 2.01. The van der Waals surface area contributed by atoms with Gasteiger partial charge in [0.05, 0.1) is 0 Å². The molecule has 0 aromatic heterocycles. The van der Waals surface area contributed by atoms with E-state index in [4.69, 9.17) is 15.3 Å². The monoisotopic (exact) mass is 183 g/mol. The molecule has 0 aromatic rings. The molecule has 0 saturated carbocycles. The third kappa shape index (κ3) is 71.6. The maximum absolute atomic E-state index is 8.36. The van der Waals surface area contributed by atoms with Crippen molar-refractivity contribution in [1.29, 1.82) is 0 Å². The first kappa shape index (κ1) is 23.0. The van der Waals surface area contributed by atoms with E-state index in [9.17, 15) is 0 Å². The van der Waals surface area contributed by atoms with Crippen molar-refractivity contribution in [3.8, 4) is 0 Å². The van der Waals surface area contributed by atoms with E-state index in [1.165, 1.54) is 0 Å². The van der Waals surface area contributed by atoms with E-state index in [0.29, 0.717) is 0 Å². The standard InChI is InChI=1S/2Ca.ClH.HNO3.4H/c;;;2-1(3)4;;;;/h;;1H;(H,2,3,4);;;;. The molecule has 0 amide bonds. The zero-order chi connectivity index (χ0) is 3.58. The van der Waals surface area contributed by atoms with Crippen molar-refractivity contribution in [3.63, 3.8) is 0 Å². The van der Waals surface area contributed by atoms with E-state index in [2.05, 4.69) is 0 Å². The zero-order valence-corrected chi connectivity index (χ0v) is 2.94. The average molecular weight is 184 g/mol. The number of halogens is 1. The summed E-state index contributed by atoms with van der Waals surface area (Å²) >= 11 is 0. The van der Waals surface area contributed by atoms with Crippen LogP contribution in [-0.2, 0) is 0 Å². The summed E-state index contributed by atoms with van der Waals surface area (Å²) in [5.74, 6) is 0. The van der Waals surface area contributed by atoms with Crippen LogP contribution in [0, 0.1) is 10.1 Å². The van der Waals surface area contributed by atoms with Crippen LogP contribution in [0.25, 0.3) is 0 Å². The van der Waals surface area contributed by atoms with Crippen LogP contribution in [0.2, 0.25) is 0 Å². The topological polar surface area (TPSA) is 63.4 Å². The second-order valence-electron chi connectivity index (χ2n) is 0.238. The fraction of sp³-hybridized carbons (Fsp3) is 0. The summed E-state index contributed by atoms with van der Waals surface area (Å²) in [6, 6.07) is 0. The molecule has 40 valence electrons. The molecule has 7 heavy (non-hydrogen) atoms. The molecule has 0 aliphatic rings. The van der Waals surface area contributed by atoms with E-state index in [1.807, 2.05) is 0 Å². The summed E-state index contributed by atoms with van der Waals surface area (Å²) < 4.78 is 0. The normalized spacial score (nSPS) is 3.43. The molecule has 0 fully saturated rings. The van der Waals surface area contributed by atoms with Crippen molar-refractivity contribution in [2.75, 3.05) is 0 Å². The van der Waals surface area contributed by atoms with Crippen LogP contribution < -0.4 is 0 Å². The predicted octanol–water partition coefficient (Wildman–Crippen LogP) is -1.76. The molecule has 1 N–H and O–H groups in total. The van der Waals surface area contributed by atoms with Crippen molar-refractivity contribution in [2.45, 2.75) is 0 Å². The average Bonchev–Trinajstić information content (AvgIpc) is 0.811. The van der Waals surface area contributed by atoms with Crippen LogP contribution in [0.1, 0.15) is 0 Å². The third-order valence-corrected chi connectivity index (χ3v) is 0. The molecule has 0 radical (unpaired) electrons. The molecule has 0 aliphatic heterocycles. The van der Waals surface area contributed by atoms with E-state index in [-0.39, 0.29) is 87.9 Å². The van der Waals surface area contributed by atoms with Gasteiger partial charge in [0.1, 0.15) is 0 Å². The Balaban J connectivity index is -0.0000000150. The van der Waals surface area contributed by atoms with Gasteiger partial charge in [-0.1, -0.05) is 0 Å². The van der Waals surface area contributed by atoms with Gasteiger partial charge in [0, 0.05) is 0 Å². The Morgan fingerprint density at radius 3 is 1.43 bits per heavy atom. The fourth-order valence-corrected chi connectivity index (χ4v) is 0. The molecule has 0 saturated heterocycles. The summed E-state index contributed by atoms with van der Waals surface area (Å²) in [6.07, 6.45) is 0. The molecule has 7 heteroatoms. The quantitative estimate of drug-likeness (QED) is 0.275. The molecule has 0 aliphatic carbocycles. The summed E-state index contributed by atoms with van der Waals surface area (Å²) in [5.41, 5.74) is 0. The van der Waals surface area contributed by atoms with Gasteiger partial charge in [-0.25, -0.2) is 0 Å². The van der Waals surface area contributed by atoms with Gasteiger partial charge >= 0.3 is 75.5 Å². The van der Waals surface area contributed by atoms with Crippen LogP contribution in [0.15, 0.2) is 0 Å². The van der Waals surface area contributed by atoms with Crippen molar-refractivity contribution >= 4 is 87.9 Å². The summed E-state index contributed by atoms with van der Waals surface area (Å²) in [7, 11) is 0. The molecule has 0 bridgehead atoms. The van der Waals surface area contributed by atoms with Gasteiger partial charge in [0.25, 0.3) is 5.09 Å². The van der Waals surface area contributed by atoms with Crippen molar-refractivity contribution in [2.24, 2.45) is 0 Å². The Labute approximate surface area is 106 Å². The minimum atomic E-state index is -1.50. The van der Waals surface area contributed by atoms with Crippen LogP contribution in [0.4, 0.5) is 0 Å². The first-order valence-corrected chi connectivity index (χ1v) is 0.565. The minimum absolute atomic E-state index is 0. The van der Waals surface area contributed by atoms with Gasteiger partial charge in [0.15, 0.2) is 0 Å². The van der Waals surface area contributed by atoms with Gasteiger partial charge in [0.2, 0.25) is 0 Å². The Bertz CT molecular complexity index is 35.9. The van der Waals surface area contributed by atoms with Crippen molar-refractivity contribution in [1.82, 2.24) is 0 Å². The second kappa shape index (κ2) is 15.7. The Morgan fingerprint density at radius 2 is 1.43 bits per heavy atom. The number of nitrogens with zero attached hydrogens (tertiary/aromatic N) is 1. The third-order valence-electron chi connectivity index (χ3n) is 0. The van der Waals surface area contributed by atoms with Gasteiger partial charge in [-0.05, 0) is 0 Å². The van der Waals surface area contributed by atoms with Gasteiger partial charge in [-0.3, -0.25) is 0 Å². The van der Waals surface area contributed by atoms with Crippen LogP contribution >= 0.6 is 12.4 Å². The summed E-state index contributed by atoms with van der Waals surface area (Å²) in [4.78, 5) is 8.36. The Morgan fingerprint density at radius 1 is 1.43 bits per heavy atom. The van der Waals surface area contributed by atoms with E-state index < -0.39 is 5.09 Å². The van der Waals surface area contributed by atoms with Gasteiger partial charge in [-0.15, -0.1) is 22.5 Å². The molecule has 0 aromatic carbocycles. The molecule has 0 spiro atoms. The molecule has 4 nitrogen and oxygen atoms in total. The predicted molar refractivity (Wildman–Crippen MR) is 33.1 cm³/mol. The number of rotatable bonds is 0. The second-order valence-corrected chi connectivity index (χ2v) is 0.238. The van der Waals surface area contributed by atoms with E-state index in [0.717, 1.165) is 0 Å². The number of hydrogen-bond donors (Lipinski definition) is 1. The van der Waals surface area contributed by atoms with Crippen LogP contribution in [0.5, 0.6) is 0 Å². The summed E-state index contributed by atoms with van der Waals surface area (Å²) in [5, 5.41) is 13.6. The van der Waals surface area contributed by atoms with Crippen LogP contribution in [0.3, 0.4) is 0 Å². The van der Waals surface area contributed by atoms with Gasteiger partial charge < -0.3 is 5.21 Å². The van der Waals surface area contributed by atoms with Crippen molar-refractivity contribution in [3.05, 3.63) is 10.1 Å². The first-order chi connectivity index (χ1) is 1.73. The Kier molecular flexibility index (Phi) is 51.6. The first-order valence-electron chi connectivity index (χ1n) is 0.565.